The van der Waals surface area contributed by atoms with Crippen molar-refractivity contribution >= 4 is 11.9 Å². The molecular formula is C13H22N2O3. The molecule has 5 nitrogen and oxygen atoms in total. The number of hydrogen-bond acceptors (Lipinski definition) is 3. The van der Waals surface area contributed by atoms with Gasteiger partial charge in [0.05, 0.1) is 0 Å². The van der Waals surface area contributed by atoms with Gasteiger partial charge in [0, 0.05) is 5.92 Å². The highest BCUT2D eigenvalue weighted by molar-refractivity contribution is 5.87. The Morgan fingerprint density at radius 1 is 1.44 bits per heavy atom. The summed E-state index contributed by atoms with van der Waals surface area (Å²) in [7, 11) is 0. The number of piperidine rings is 1. The highest BCUT2D eigenvalue weighted by Crippen LogP contribution is 2.58. The van der Waals surface area contributed by atoms with Crippen LogP contribution in [-0.2, 0) is 9.59 Å². The van der Waals surface area contributed by atoms with E-state index in [1.54, 1.807) is 0 Å². The van der Waals surface area contributed by atoms with Gasteiger partial charge in [-0.3, -0.25) is 4.79 Å². The zero-order valence-electron chi connectivity index (χ0n) is 10.9. The normalized spacial score (nSPS) is 26.6. The predicted octanol–water partition coefficient (Wildman–Crippen LogP) is 0.746. The Labute approximate surface area is 107 Å². The van der Waals surface area contributed by atoms with Gasteiger partial charge < -0.3 is 15.7 Å². The zero-order valence-corrected chi connectivity index (χ0v) is 10.9. The topological polar surface area (TPSA) is 78.4 Å². The summed E-state index contributed by atoms with van der Waals surface area (Å²) in [6, 6.07) is -0.720. The summed E-state index contributed by atoms with van der Waals surface area (Å²) >= 11 is 0. The molecule has 2 rings (SSSR count). The Balaban J connectivity index is 1.87. The fraction of sp³-hybridized carbons (Fsp3) is 0.846. The maximum Gasteiger partial charge on any atom is 0.326 e. The maximum atomic E-state index is 12.1. The largest absolute Gasteiger partial charge is 0.480 e. The Morgan fingerprint density at radius 3 is 2.67 bits per heavy atom. The van der Waals surface area contributed by atoms with Gasteiger partial charge in [-0.05, 0) is 44.2 Å². The van der Waals surface area contributed by atoms with E-state index in [0.29, 0.717) is 6.42 Å². The second-order valence-corrected chi connectivity index (χ2v) is 5.56. The van der Waals surface area contributed by atoms with E-state index in [0.717, 1.165) is 38.8 Å². The second-order valence-electron chi connectivity index (χ2n) is 5.56. The lowest BCUT2D eigenvalue weighted by Crippen LogP contribution is -2.42. The standard InChI is InChI=1S/C13H22N2O3/c1-2-3-10(12(17)18)15-11(16)9-8-13(9)4-6-14-7-5-13/h9-10,14H,2-8H2,1H3,(H,15,16)(H,17,18). The van der Waals surface area contributed by atoms with Gasteiger partial charge in [-0.25, -0.2) is 4.79 Å². The number of carbonyl (C=O) groups is 2. The third-order valence-corrected chi connectivity index (χ3v) is 4.30. The summed E-state index contributed by atoms with van der Waals surface area (Å²) in [6.45, 7) is 3.87. The molecule has 3 N–H and O–H groups in total. The minimum absolute atomic E-state index is 0.0401. The van der Waals surface area contributed by atoms with Crippen LogP contribution in [0.1, 0.15) is 39.0 Å². The molecule has 2 unspecified atom stereocenters. The van der Waals surface area contributed by atoms with Crippen LogP contribution in [0.3, 0.4) is 0 Å². The van der Waals surface area contributed by atoms with Crippen molar-refractivity contribution in [1.29, 1.82) is 0 Å². The maximum absolute atomic E-state index is 12.1. The number of carbonyl (C=O) groups excluding carboxylic acids is 1. The predicted molar refractivity (Wildman–Crippen MR) is 67.1 cm³/mol. The van der Waals surface area contributed by atoms with Gasteiger partial charge in [0.15, 0.2) is 0 Å². The van der Waals surface area contributed by atoms with Gasteiger partial charge in [-0.2, -0.15) is 0 Å². The zero-order chi connectivity index (χ0) is 13.2. The Kier molecular flexibility index (Phi) is 3.90. The molecule has 1 saturated carbocycles. The lowest BCUT2D eigenvalue weighted by atomic mass is 9.91. The minimum atomic E-state index is -0.926. The number of amides is 1. The molecule has 1 amide bonds. The number of hydrogen-bond donors (Lipinski definition) is 3. The highest BCUT2D eigenvalue weighted by atomic mass is 16.4. The van der Waals surface area contributed by atoms with Gasteiger partial charge in [-0.15, -0.1) is 0 Å². The molecular weight excluding hydrogens is 232 g/mol. The fourth-order valence-electron chi connectivity index (χ4n) is 3.01. The lowest BCUT2D eigenvalue weighted by Gasteiger charge is -2.23. The van der Waals surface area contributed by atoms with Crippen molar-refractivity contribution in [3.05, 3.63) is 0 Å². The molecule has 102 valence electrons. The molecule has 2 atom stereocenters. The van der Waals surface area contributed by atoms with Crippen LogP contribution in [0.25, 0.3) is 0 Å². The number of rotatable bonds is 5. The molecule has 5 heteroatoms. The van der Waals surface area contributed by atoms with Gasteiger partial charge in [0.2, 0.25) is 5.91 Å². The summed E-state index contributed by atoms with van der Waals surface area (Å²) in [4.78, 5) is 23.1. The van der Waals surface area contributed by atoms with Crippen molar-refractivity contribution in [3.63, 3.8) is 0 Å². The molecule has 0 aromatic carbocycles. The van der Waals surface area contributed by atoms with E-state index in [-0.39, 0.29) is 17.2 Å². The third-order valence-electron chi connectivity index (χ3n) is 4.30. The van der Waals surface area contributed by atoms with Crippen LogP contribution in [0.15, 0.2) is 0 Å². The van der Waals surface area contributed by atoms with Crippen molar-refractivity contribution in [1.82, 2.24) is 10.6 Å². The van der Waals surface area contributed by atoms with Crippen LogP contribution in [-0.4, -0.2) is 36.1 Å². The van der Waals surface area contributed by atoms with E-state index in [9.17, 15) is 9.59 Å². The SMILES string of the molecule is CCCC(NC(=O)C1CC12CCNCC2)C(=O)O. The molecule has 0 aromatic rings. The molecule has 1 spiro atoms. The van der Waals surface area contributed by atoms with E-state index in [4.69, 9.17) is 5.11 Å². The molecule has 2 aliphatic rings. The van der Waals surface area contributed by atoms with E-state index >= 15 is 0 Å². The van der Waals surface area contributed by atoms with Crippen molar-refractivity contribution in [2.75, 3.05) is 13.1 Å². The summed E-state index contributed by atoms with van der Waals surface area (Å²) in [5.74, 6) is -0.943. The summed E-state index contributed by atoms with van der Waals surface area (Å²) in [6.07, 6.45) is 4.27. The first-order chi connectivity index (χ1) is 8.59. The summed E-state index contributed by atoms with van der Waals surface area (Å²) in [5.41, 5.74) is 0.171. The average Bonchev–Trinajstić information content (AvgIpc) is 3.03. The fourth-order valence-corrected chi connectivity index (χ4v) is 3.01. The van der Waals surface area contributed by atoms with Gasteiger partial charge in [-0.1, -0.05) is 13.3 Å². The van der Waals surface area contributed by atoms with Crippen LogP contribution in [0, 0.1) is 11.3 Å². The molecule has 18 heavy (non-hydrogen) atoms. The third kappa shape index (κ3) is 2.66. The van der Waals surface area contributed by atoms with E-state index in [2.05, 4.69) is 10.6 Å². The van der Waals surface area contributed by atoms with Gasteiger partial charge >= 0.3 is 5.97 Å². The second kappa shape index (κ2) is 5.26. The Hall–Kier alpha value is -1.10. The lowest BCUT2D eigenvalue weighted by molar-refractivity contribution is -0.142. The minimum Gasteiger partial charge on any atom is -0.480 e. The molecule has 2 fully saturated rings. The van der Waals surface area contributed by atoms with Crippen molar-refractivity contribution in [2.24, 2.45) is 11.3 Å². The molecule has 0 radical (unpaired) electrons. The van der Waals surface area contributed by atoms with Gasteiger partial charge in [0.25, 0.3) is 0 Å². The first kappa shape index (κ1) is 13.3. The molecule has 1 saturated heterocycles. The highest BCUT2D eigenvalue weighted by Gasteiger charge is 2.57. The number of carboxylic acids is 1. The monoisotopic (exact) mass is 254 g/mol. The molecule has 0 aromatic heterocycles. The first-order valence-corrected chi connectivity index (χ1v) is 6.83. The smallest absolute Gasteiger partial charge is 0.326 e. The van der Waals surface area contributed by atoms with Crippen molar-refractivity contribution in [3.8, 4) is 0 Å². The summed E-state index contributed by atoms with van der Waals surface area (Å²) in [5, 5.41) is 15.0. The van der Waals surface area contributed by atoms with Crippen molar-refractivity contribution < 1.29 is 14.7 Å². The van der Waals surface area contributed by atoms with E-state index < -0.39 is 12.0 Å². The molecule has 1 aliphatic carbocycles. The number of carboxylic acid groups (broad SMARTS) is 1. The quantitative estimate of drug-likeness (QED) is 0.676. The van der Waals surface area contributed by atoms with Crippen LogP contribution in [0.2, 0.25) is 0 Å². The van der Waals surface area contributed by atoms with Gasteiger partial charge in [0.1, 0.15) is 6.04 Å². The first-order valence-electron chi connectivity index (χ1n) is 6.83. The van der Waals surface area contributed by atoms with E-state index in [1.165, 1.54) is 0 Å². The van der Waals surface area contributed by atoms with Crippen LogP contribution in [0.4, 0.5) is 0 Å². The van der Waals surface area contributed by atoms with E-state index in [1.807, 2.05) is 6.92 Å². The molecule has 1 aliphatic heterocycles. The number of aliphatic carboxylic acids is 1. The van der Waals surface area contributed by atoms with Crippen LogP contribution in [0.5, 0.6) is 0 Å². The molecule has 1 heterocycles. The number of nitrogens with one attached hydrogen (secondary N) is 2. The molecule has 0 bridgehead atoms. The Bertz CT molecular complexity index is 337. The van der Waals surface area contributed by atoms with Crippen molar-refractivity contribution in [2.45, 2.75) is 45.1 Å². The Morgan fingerprint density at radius 2 is 2.11 bits per heavy atom. The average molecular weight is 254 g/mol. The summed E-state index contributed by atoms with van der Waals surface area (Å²) < 4.78 is 0. The van der Waals surface area contributed by atoms with Crippen LogP contribution >= 0.6 is 0 Å². The van der Waals surface area contributed by atoms with Crippen LogP contribution < -0.4 is 10.6 Å².